The van der Waals surface area contributed by atoms with Gasteiger partial charge in [-0.15, -0.1) is 0 Å². The topological polar surface area (TPSA) is 130 Å². The minimum atomic E-state index is -1.29. The van der Waals surface area contributed by atoms with Gasteiger partial charge < -0.3 is 10.4 Å². The number of rotatable bonds is 9. The molecule has 180 valence electrons. The van der Waals surface area contributed by atoms with Crippen LogP contribution in [0.3, 0.4) is 0 Å². The molecule has 0 radical (unpaired) electrons. The van der Waals surface area contributed by atoms with Gasteiger partial charge in [0.25, 0.3) is 5.69 Å². The number of benzene rings is 3. The van der Waals surface area contributed by atoms with Crippen LogP contribution in [0.5, 0.6) is 0 Å². The minimum absolute atomic E-state index is 0.00835. The molecule has 9 nitrogen and oxygen atoms in total. The molecular weight excluding hydrogens is 474 g/mol. The van der Waals surface area contributed by atoms with E-state index in [0.29, 0.717) is 5.56 Å². The zero-order valence-corrected chi connectivity index (χ0v) is 19.4. The Morgan fingerprint density at radius 2 is 1.69 bits per heavy atom. The Kier molecular flexibility index (Phi) is 8.17. The highest BCUT2D eigenvalue weighted by Crippen LogP contribution is 2.28. The second-order valence-corrected chi connectivity index (χ2v) is 8.01. The molecule has 1 atom stereocenters. The van der Waals surface area contributed by atoms with Gasteiger partial charge in [0.1, 0.15) is 6.04 Å². The Labute approximate surface area is 206 Å². The maximum Gasteiger partial charge on any atom is 0.408 e. The molecule has 0 aliphatic rings. The first-order valence-electron chi connectivity index (χ1n) is 10.6. The molecule has 10 heteroatoms. The third kappa shape index (κ3) is 6.01. The molecule has 3 rings (SSSR count). The molecule has 0 spiro atoms. The molecule has 3 aromatic carbocycles. The highest BCUT2D eigenvalue weighted by molar-refractivity contribution is 6.35. The summed E-state index contributed by atoms with van der Waals surface area (Å²) in [6.45, 7) is 1.64. The van der Waals surface area contributed by atoms with Gasteiger partial charge in [-0.2, -0.15) is 0 Å². The summed E-state index contributed by atoms with van der Waals surface area (Å²) >= 11 is 6.14. The first-order chi connectivity index (χ1) is 16.7. The number of carbonyl (C=O) groups excluding carboxylic acids is 2. The molecule has 0 saturated carbocycles. The summed E-state index contributed by atoms with van der Waals surface area (Å²) in [5.41, 5.74) is 0.329. The van der Waals surface area contributed by atoms with Crippen molar-refractivity contribution in [2.24, 2.45) is 0 Å². The van der Waals surface area contributed by atoms with Gasteiger partial charge in [0.05, 0.1) is 21.2 Å². The molecule has 2 amide bonds. The van der Waals surface area contributed by atoms with Crippen molar-refractivity contribution in [3.05, 3.63) is 105 Å². The van der Waals surface area contributed by atoms with E-state index in [1.165, 1.54) is 18.2 Å². The van der Waals surface area contributed by atoms with Crippen LogP contribution in [-0.2, 0) is 11.3 Å². The Morgan fingerprint density at radius 3 is 2.29 bits per heavy atom. The summed E-state index contributed by atoms with van der Waals surface area (Å²) in [7, 11) is 0. The van der Waals surface area contributed by atoms with Crippen LogP contribution in [-0.4, -0.2) is 38.8 Å². The predicted molar refractivity (Wildman–Crippen MR) is 131 cm³/mol. The molecule has 1 unspecified atom stereocenters. The average molecular weight is 496 g/mol. The predicted octanol–water partition coefficient (Wildman–Crippen LogP) is 5.38. The zero-order chi connectivity index (χ0) is 25.5. The second kappa shape index (κ2) is 11.3. The van der Waals surface area contributed by atoms with Gasteiger partial charge in [0.15, 0.2) is 5.78 Å². The fraction of sp³-hybridized carbons (Fsp3) is 0.160. The van der Waals surface area contributed by atoms with E-state index < -0.39 is 28.7 Å². The Balaban J connectivity index is 1.96. The maximum absolute atomic E-state index is 13.2. The summed E-state index contributed by atoms with van der Waals surface area (Å²) in [5.74, 6) is -1.30. The number of carboxylic acid groups (broad SMARTS) is 1. The number of nitro benzene ring substituents is 1. The molecule has 0 saturated heterocycles. The van der Waals surface area contributed by atoms with Gasteiger partial charge in [-0.05, 0) is 30.2 Å². The number of ketones is 1. The van der Waals surface area contributed by atoms with Crippen LogP contribution in [0.15, 0.2) is 72.8 Å². The number of anilines is 1. The van der Waals surface area contributed by atoms with E-state index in [-0.39, 0.29) is 40.5 Å². The number of hydrogen-bond acceptors (Lipinski definition) is 5. The molecule has 0 aliphatic heterocycles. The summed E-state index contributed by atoms with van der Waals surface area (Å²) < 4.78 is 0. The number of nitrogens with zero attached hydrogens (tertiary/aromatic N) is 2. The normalized spacial score (nSPS) is 11.4. The van der Waals surface area contributed by atoms with E-state index in [0.717, 1.165) is 17.0 Å². The van der Waals surface area contributed by atoms with Crippen molar-refractivity contribution in [2.75, 3.05) is 5.32 Å². The van der Waals surface area contributed by atoms with Crippen molar-refractivity contribution in [3.8, 4) is 0 Å². The molecular formula is C25H22ClN3O6. The van der Waals surface area contributed by atoms with Gasteiger partial charge >= 0.3 is 6.09 Å². The SMILES string of the molecule is CCC(C(=O)Nc1ccc([N+](=O)[O-])cc1C(=O)c1ccccc1Cl)N(Cc1ccccc1)C(=O)O. The monoisotopic (exact) mass is 495 g/mol. The lowest BCUT2D eigenvalue weighted by atomic mass is 10.0. The van der Waals surface area contributed by atoms with Crippen molar-refractivity contribution in [3.63, 3.8) is 0 Å². The number of non-ortho nitro benzene ring substituents is 1. The molecule has 0 bridgehead atoms. The smallest absolute Gasteiger partial charge is 0.408 e. The summed E-state index contributed by atoms with van der Waals surface area (Å²) in [4.78, 5) is 50.0. The summed E-state index contributed by atoms with van der Waals surface area (Å²) in [5, 5.41) is 23.8. The van der Waals surface area contributed by atoms with E-state index in [1.54, 1.807) is 49.4 Å². The van der Waals surface area contributed by atoms with Crippen LogP contribution >= 0.6 is 11.6 Å². The van der Waals surface area contributed by atoms with E-state index in [2.05, 4.69) is 5.32 Å². The van der Waals surface area contributed by atoms with Crippen LogP contribution in [0.25, 0.3) is 0 Å². The van der Waals surface area contributed by atoms with Crippen LogP contribution in [0.4, 0.5) is 16.2 Å². The summed E-state index contributed by atoms with van der Waals surface area (Å²) in [6.07, 6.45) is -1.13. The number of nitro groups is 1. The standard InChI is InChI=1S/C25H22ClN3O6/c1-2-22(28(25(32)33)15-16-8-4-3-5-9-16)24(31)27-21-13-12-17(29(34)35)14-19(21)23(30)18-10-6-7-11-20(18)26/h3-14,22H,2,15H2,1H3,(H,27,31)(H,32,33). The third-order valence-corrected chi connectivity index (χ3v) is 5.67. The highest BCUT2D eigenvalue weighted by atomic mass is 35.5. The zero-order valence-electron chi connectivity index (χ0n) is 18.7. The second-order valence-electron chi connectivity index (χ2n) is 7.61. The number of amides is 2. The van der Waals surface area contributed by atoms with E-state index >= 15 is 0 Å². The van der Waals surface area contributed by atoms with Crippen molar-refractivity contribution in [1.82, 2.24) is 4.90 Å². The maximum atomic E-state index is 13.2. The molecule has 35 heavy (non-hydrogen) atoms. The summed E-state index contributed by atoms with van der Waals surface area (Å²) in [6, 6.07) is 17.4. The first-order valence-corrected chi connectivity index (χ1v) is 11.0. The molecule has 0 heterocycles. The number of hydrogen-bond donors (Lipinski definition) is 2. The Bertz CT molecular complexity index is 1270. The average Bonchev–Trinajstić information content (AvgIpc) is 2.84. The third-order valence-electron chi connectivity index (χ3n) is 5.34. The van der Waals surface area contributed by atoms with Crippen molar-refractivity contribution < 1.29 is 24.4 Å². The van der Waals surface area contributed by atoms with Crippen LogP contribution in [0, 0.1) is 10.1 Å². The van der Waals surface area contributed by atoms with Crippen molar-refractivity contribution >= 4 is 40.8 Å². The van der Waals surface area contributed by atoms with Crippen LogP contribution in [0.1, 0.15) is 34.8 Å². The van der Waals surface area contributed by atoms with Gasteiger partial charge in [0, 0.05) is 24.2 Å². The van der Waals surface area contributed by atoms with Crippen LogP contribution < -0.4 is 5.32 Å². The Morgan fingerprint density at radius 1 is 1.03 bits per heavy atom. The van der Waals surface area contributed by atoms with Gasteiger partial charge in [-0.3, -0.25) is 24.6 Å². The molecule has 2 N–H and O–H groups in total. The van der Waals surface area contributed by atoms with E-state index in [1.807, 2.05) is 0 Å². The van der Waals surface area contributed by atoms with Gasteiger partial charge in [-0.25, -0.2) is 4.79 Å². The molecule has 3 aromatic rings. The highest BCUT2D eigenvalue weighted by Gasteiger charge is 2.30. The number of halogens is 1. The van der Waals surface area contributed by atoms with Crippen molar-refractivity contribution in [2.45, 2.75) is 25.9 Å². The van der Waals surface area contributed by atoms with Gasteiger partial charge in [-0.1, -0.05) is 61.0 Å². The van der Waals surface area contributed by atoms with E-state index in [9.17, 15) is 29.6 Å². The van der Waals surface area contributed by atoms with Crippen molar-refractivity contribution in [1.29, 1.82) is 0 Å². The lowest BCUT2D eigenvalue weighted by Crippen LogP contribution is -2.46. The quantitative estimate of drug-likeness (QED) is 0.233. The molecule has 0 aromatic heterocycles. The van der Waals surface area contributed by atoms with Crippen LogP contribution in [0.2, 0.25) is 5.02 Å². The lowest BCUT2D eigenvalue weighted by molar-refractivity contribution is -0.384. The number of carbonyl (C=O) groups is 3. The minimum Gasteiger partial charge on any atom is -0.465 e. The first kappa shape index (κ1) is 25.4. The molecule has 0 fully saturated rings. The number of nitrogens with one attached hydrogen (secondary N) is 1. The largest absolute Gasteiger partial charge is 0.465 e. The fourth-order valence-corrected chi connectivity index (χ4v) is 3.81. The van der Waals surface area contributed by atoms with Gasteiger partial charge in [0.2, 0.25) is 5.91 Å². The lowest BCUT2D eigenvalue weighted by Gasteiger charge is -2.28. The van der Waals surface area contributed by atoms with E-state index in [4.69, 9.17) is 11.6 Å². The molecule has 0 aliphatic carbocycles. The Hall–Kier alpha value is -4.24. The fourth-order valence-electron chi connectivity index (χ4n) is 3.59.